The lowest BCUT2D eigenvalue weighted by Gasteiger charge is -2.29. The Bertz CT molecular complexity index is 1050. The number of benzene rings is 1. The minimum absolute atomic E-state index is 0.168. The van der Waals surface area contributed by atoms with E-state index in [2.05, 4.69) is 25.4 Å². The zero-order chi connectivity index (χ0) is 21.2. The Hall–Kier alpha value is -3.19. The summed E-state index contributed by atoms with van der Waals surface area (Å²) in [4.78, 5) is 6.41. The molecule has 1 atom stereocenters. The number of hydrogen-bond acceptors (Lipinski definition) is 7. The van der Waals surface area contributed by atoms with Gasteiger partial charge in [-0.15, -0.1) is 10.2 Å². The average molecular weight is 418 g/mol. The predicted molar refractivity (Wildman–Crippen MR) is 120 cm³/mol. The van der Waals surface area contributed by atoms with Crippen LogP contribution in [0.15, 0.2) is 48.7 Å². The highest BCUT2D eigenvalue weighted by Gasteiger charge is 2.27. The van der Waals surface area contributed by atoms with Gasteiger partial charge in [-0.2, -0.15) is 0 Å². The summed E-state index contributed by atoms with van der Waals surface area (Å²) >= 11 is 0. The lowest BCUT2D eigenvalue weighted by atomic mass is 9.92. The fourth-order valence-corrected chi connectivity index (χ4v) is 4.28. The molecule has 1 aromatic carbocycles. The molecule has 3 aromatic rings. The quantitative estimate of drug-likeness (QED) is 0.633. The molecule has 2 aliphatic rings. The van der Waals surface area contributed by atoms with E-state index in [1.807, 2.05) is 36.4 Å². The van der Waals surface area contributed by atoms with Gasteiger partial charge in [0.25, 0.3) is 0 Å². The lowest BCUT2D eigenvalue weighted by molar-refractivity contribution is 0.311. The van der Waals surface area contributed by atoms with Crippen molar-refractivity contribution in [1.29, 1.82) is 0 Å². The summed E-state index contributed by atoms with van der Waals surface area (Å²) in [5.74, 6) is 1.59. The fourth-order valence-electron chi connectivity index (χ4n) is 4.28. The Balaban J connectivity index is 1.29. The van der Waals surface area contributed by atoms with Crippen molar-refractivity contribution in [1.82, 2.24) is 20.5 Å². The average Bonchev–Trinajstić information content (AvgIpc) is 3.25. The second-order valence-electron chi connectivity index (χ2n) is 8.32. The van der Waals surface area contributed by atoms with Crippen LogP contribution in [0, 0.1) is 0 Å². The zero-order valence-corrected chi connectivity index (χ0v) is 17.7. The van der Waals surface area contributed by atoms with Crippen molar-refractivity contribution in [3.8, 4) is 34.0 Å². The van der Waals surface area contributed by atoms with Crippen LogP contribution in [-0.4, -0.2) is 52.6 Å². The maximum atomic E-state index is 10.6. The van der Waals surface area contributed by atoms with E-state index >= 15 is 0 Å². The molecule has 1 aliphatic carbocycles. The maximum absolute atomic E-state index is 10.6. The van der Waals surface area contributed by atoms with Gasteiger partial charge < -0.3 is 20.1 Å². The number of aromatic hydroxyl groups is 1. The van der Waals surface area contributed by atoms with E-state index < -0.39 is 0 Å². The van der Waals surface area contributed by atoms with Crippen molar-refractivity contribution in [2.24, 2.45) is 0 Å². The first-order chi connectivity index (χ1) is 15.2. The highest BCUT2D eigenvalue weighted by atomic mass is 16.5. The number of anilines is 1. The van der Waals surface area contributed by atoms with Crippen molar-refractivity contribution < 1.29 is 9.84 Å². The van der Waals surface area contributed by atoms with Gasteiger partial charge in [-0.25, -0.2) is 4.98 Å². The first kappa shape index (κ1) is 19.8. The summed E-state index contributed by atoms with van der Waals surface area (Å²) in [7, 11) is 1.59. The summed E-state index contributed by atoms with van der Waals surface area (Å²) in [6, 6.07) is 14.5. The number of ether oxygens (including phenoxy) is 1. The highest BCUT2D eigenvalue weighted by molar-refractivity contribution is 5.74. The van der Waals surface area contributed by atoms with Crippen LogP contribution < -0.4 is 15.0 Å². The fraction of sp³-hybridized carbons (Fsp3) is 0.375. The second-order valence-corrected chi connectivity index (χ2v) is 8.32. The normalized spacial score (nSPS) is 18.7. The minimum Gasteiger partial charge on any atom is -0.507 e. The van der Waals surface area contributed by atoms with Gasteiger partial charge in [-0.3, -0.25) is 0 Å². The summed E-state index contributed by atoms with van der Waals surface area (Å²) in [5.41, 5.74) is 3.13. The lowest BCUT2D eigenvalue weighted by Crippen LogP contribution is -2.43. The number of methoxy groups -OCH3 is 1. The molecule has 0 amide bonds. The molecule has 2 aromatic heterocycles. The minimum atomic E-state index is 0.168. The number of phenolic OH excluding ortho intramolecular Hbond substituents is 1. The van der Waals surface area contributed by atoms with Crippen LogP contribution in [0.1, 0.15) is 25.7 Å². The molecule has 160 valence electrons. The molecule has 5 rings (SSSR count). The Labute approximate surface area is 182 Å². The van der Waals surface area contributed by atoms with E-state index in [1.165, 1.54) is 19.3 Å². The summed E-state index contributed by atoms with van der Waals surface area (Å²) in [5, 5.41) is 23.2. The van der Waals surface area contributed by atoms with Gasteiger partial charge in [-0.05, 0) is 60.7 Å². The molecular formula is C24H27N5O2. The van der Waals surface area contributed by atoms with Gasteiger partial charge in [0.1, 0.15) is 5.75 Å². The number of hydrogen-bond donors (Lipinski definition) is 2. The van der Waals surface area contributed by atoms with E-state index in [0.717, 1.165) is 36.5 Å². The third-order valence-electron chi connectivity index (χ3n) is 6.29. The van der Waals surface area contributed by atoms with Gasteiger partial charge >= 0.3 is 0 Å². The number of pyridine rings is 1. The van der Waals surface area contributed by atoms with Crippen molar-refractivity contribution in [2.75, 3.05) is 25.1 Å². The first-order valence-corrected chi connectivity index (χ1v) is 10.9. The molecular weight excluding hydrogens is 390 g/mol. The summed E-state index contributed by atoms with van der Waals surface area (Å²) in [6.45, 7) is 1.97. The van der Waals surface area contributed by atoms with Crippen molar-refractivity contribution in [2.45, 2.75) is 37.8 Å². The first-order valence-electron chi connectivity index (χ1n) is 10.9. The molecule has 1 unspecified atom stereocenters. The van der Waals surface area contributed by atoms with E-state index in [-0.39, 0.29) is 5.75 Å². The van der Waals surface area contributed by atoms with Crippen LogP contribution in [0.5, 0.6) is 11.6 Å². The summed E-state index contributed by atoms with van der Waals surface area (Å²) in [6.07, 6.45) is 6.80. The van der Waals surface area contributed by atoms with Gasteiger partial charge in [0.15, 0.2) is 5.82 Å². The van der Waals surface area contributed by atoms with Crippen molar-refractivity contribution in [3.05, 3.63) is 48.7 Å². The van der Waals surface area contributed by atoms with E-state index in [4.69, 9.17) is 4.74 Å². The molecule has 0 spiro atoms. The Morgan fingerprint density at radius 2 is 1.87 bits per heavy atom. The van der Waals surface area contributed by atoms with Crippen LogP contribution in [0.25, 0.3) is 22.4 Å². The van der Waals surface area contributed by atoms with Crippen molar-refractivity contribution in [3.63, 3.8) is 0 Å². The second kappa shape index (κ2) is 8.51. The monoisotopic (exact) mass is 417 g/mol. The van der Waals surface area contributed by atoms with E-state index in [9.17, 15) is 5.11 Å². The van der Waals surface area contributed by atoms with Gasteiger partial charge in [0.05, 0.1) is 12.8 Å². The van der Waals surface area contributed by atoms with Gasteiger partial charge in [0.2, 0.25) is 5.88 Å². The number of rotatable bonds is 6. The molecule has 7 nitrogen and oxygen atoms in total. The van der Waals surface area contributed by atoms with Crippen LogP contribution in [-0.2, 0) is 0 Å². The molecule has 2 N–H and O–H groups in total. The third kappa shape index (κ3) is 4.18. The Morgan fingerprint density at radius 3 is 2.58 bits per heavy atom. The summed E-state index contributed by atoms with van der Waals surface area (Å²) < 4.78 is 5.19. The van der Waals surface area contributed by atoms with Crippen molar-refractivity contribution >= 4 is 5.82 Å². The standard InChI is InChI=1S/C24H27N5O2/c1-31-24-14-17(9-11-25-24)16-5-6-20(22(30)13-16)21-7-8-23(28-27-21)29-12-10-19(15-29)26-18-3-2-4-18/h5-9,11,13-14,18-19,26,30H,2-4,10,12,15H2,1H3. The number of nitrogens with zero attached hydrogens (tertiary/aromatic N) is 4. The van der Waals surface area contributed by atoms with Crippen LogP contribution in [0.2, 0.25) is 0 Å². The molecule has 0 radical (unpaired) electrons. The van der Waals surface area contributed by atoms with Crippen LogP contribution >= 0.6 is 0 Å². The van der Waals surface area contributed by atoms with E-state index in [0.29, 0.717) is 29.2 Å². The van der Waals surface area contributed by atoms with Crippen LogP contribution in [0.4, 0.5) is 5.82 Å². The number of nitrogens with one attached hydrogen (secondary N) is 1. The Morgan fingerprint density at radius 1 is 1.00 bits per heavy atom. The molecule has 2 fully saturated rings. The Kier molecular flexibility index (Phi) is 5.42. The number of aromatic nitrogens is 3. The number of phenols is 1. The zero-order valence-electron chi connectivity index (χ0n) is 17.7. The molecule has 7 heteroatoms. The molecule has 1 saturated heterocycles. The largest absolute Gasteiger partial charge is 0.507 e. The van der Waals surface area contributed by atoms with Gasteiger partial charge in [0, 0.05) is 43.0 Å². The highest BCUT2D eigenvalue weighted by Crippen LogP contribution is 2.33. The molecule has 1 saturated carbocycles. The molecule has 31 heavy (non-hydrogen) atoms. The topological polar surface area (TPSA) is 83.4 Å². The predicted octanol–water partition coefficient (Wildman–Crippen LogP) is 3.64. The molecule has 1 aliphatic heterocycles. The molecule has 3 heterocycles. The maximum Gasteiger partial charge on any atom is 0.213 e. The van der Waals surface area contributed by atoms with Gasteiger partial charge in [-0.1, -0.05) is 12.5 Å². The third-order valence-corrected chi connectivity index (χ3v) is 6.29. The SMILES string of the molecule is COc1cc(-c2ccc(-c3ccc(N4CCC(NC5CCC5)C4)nn3)c(O)c2)ccn1. The van der Waals surface area contributed by atoms with E-state index in [1.54, 1.807) is 19.4 Å². The van der Waals surface area contributed by atoms with Crippen LogP contribution in [0.3, 0.4) is 0 Å². The molecule has 0 bridgehead atoms. The smallest absolute Gasteiger partial charge is 0.213 e.